The third-order valence-electron chi connectivity index (χ3n) is 2.57. The lowest BCUT2D eigenvalue weighted by molar-refractivity contribution is 0.726. The summed E-state index contributed by atoms with van der Waals surface area (Å²) in [4.78, 5) is 19.4. The lowest BCUT2D eigenvalue weighted by atomic mass is 10.2. The standard InChI is InChI=1S/C14H17N3OS/c1-3-15-9-11-4-6-12(7-5-11)19-14-16-10(2)8-13(18)17-14/h4-8,15H,3,9H2,1-2H3,(H,16,17,18). The van der Waals surface area contributed by atoms with Crippen molar-refractivity contribution in [2.24, 2.45) is 0 Å². The van der Waals surface area contributed by atoms with Crippen LogP contribution in [0.4, 0.5) is 0 Å². The molecule has 19 heavy (non-hydrogen) atoms. The minimum atomic E-state index is -0.112. The van der Waals surface area contributed by atoms with Gasteiger partial charge in [-0.05, 0) is 31.2 Å². The fourth-order valence-electron chi connectivity index (χ4n) is 1.66. The van der Waals surface area contributed by atoms with Crippen LogP contribution in [0.3, 0.4) is 0 Å². The van der Waals surface area contributed by atoms with Gasteiger partial charge in [-0.25, -0.2) is 4.98 Å². The second kappa shape index (κ2) is 6.54. The Morgan fingerprint density at radius 2 is 2.05 bits per heavy atom. The number of rotatable bonds is 5. The molecule has 0 aliphatic carbocycles. The fraction of sp³-hybridized carbons (Fsp3) is 0.286. The smallest absolute Gasteiger partial charge is 0.251 e. The second-order valence-electron chi connectivity index (χ2n) is 4.22. The first kappa shape index (κ1) is 13.8. The maximum absolute atomic E-state index is 11.4. The highest BCUT2D eigenvalue weighted by atomic mass is 32.2. The van der Waals surface area contributed by atoms with Gasteiger partial charge in [-0.2, -0.15) is 0 Å². The molecule has 0 aliphatic heterocycles. The van der Waals surface area contributed by atoms with Crippen molar-refractivity contribution in [2.45, 2.75) is 30.4 Å². The van der Waals surface area contributed by atoms with Crippen LogP contribution in [0, 0.1) is 6.92 Å². The van der Waals surface area contributed by atoms with Crippen LogP contribution in [0.2, 0.25) is 0 Å². The second-order valence-corrected chi connectivity index (χ2v) is 5.28. The Morgan fingerprint density at radius 1 is 1.32 bits per heavy atom. The Kier molecular flexibility index (Phi) is 4.76. The molecule has 0 aliphatic rings. The van der Waals surface area contributed by atoms with Gasteiger partial charge in [0.15, 0.2) is 5.16 Å². The lowest BCUT2D eigenvalue weighted by Crippen LogP contribution is -2.11. The Balaban J connectivity index is 2.08. The van der Waals surface area contributed by atoms with E-state index in [4.69, 9.17) is 0 Å². The molecule has 2 N–H and O–H groups in total. The molecule has 0 saturated carbocycles. The summed E-state index contributed by atoms with van der Waals surface area (Å²) in [6.45, 7) is 5.74. The number of hydrogen-bond acceptors (Lipinski definition) is 4. The molecule has 0 unspecified atom stereocenters. The van der Waals surface area contributed by atoms with Crippen molar-refractivity contribution in [2.75, 3.05) is 6.54 Å². The molecule has 1 aromatic carbocycles. The van der Waals surface area contributed by atoms with Crippen LogP contribution in [0.25, 0.3) is 0 Å². The summed E-state index contributed by atoms with van der Waals surface area (Å²) in [6.07, 6.45) is 0. The van der Waals surface area contributed by atoms with Crippen LogP contribution >= 0.6 is 11.8 Å². The van der Waals surface area contributed by atoms with Crippen LogP contribution in [-0.2, 0) is 6.54 Å². The number of aromatic amines is 1. The SMILES string of the molecule is CCNCc1ccc(Sc2nc(C)cc(=O)[nH]2)cc1. The van der Waals surface area contributed by atoms with Gasteiger partial charge in [-0.3, -0.25) is 4.79 Å². The number of H-pyrrole nitrogens is 1. The van der Waals surface area contributed by atoms with E-state index in [9.17, 15) is 4.79 Å². The van der Waals surface area contributed by atoms with Crippen molar-refractivity contribution in [1.82, 2.24) is 15.3 Å². The number of nitrogens with one attached hydrogen (secondary N) is 2. The summed E-state index contributed by atoms with van der Waals surface area (Å²) in [5, 5.41) is 3.91. The molecular formula is C14H17N3OS. The van der Waals surface area contributed by atoms with Crippen molar-refractivity contribution >= 4 is 11.8 Å². The van der Waals surface area contributed by atoms with Crippen molar-refractivity contribution in [3.05, 3.63) is 51.9 Å². The Hall–Kier alpha value is -1.59. The highest BCUT2D eigenvalue weighted by molar-refractivity contribution is 7.99. The Bertz CT molecular complexity index is 592. The minimum absolute atomic E-state index is 0.112. The van der Waals surface area contributed by atoms with Gasteiger partial charge in [-0.15, -0.1) is 0 Å². The van der Waals surface area contributed by atoms with E-state index in [0.29, 0.717) is 5.16 Å². The number of benzene rings is 1. The molecule has 1 aromatic heterocycles. The van der Waals surface area contributed by atoms with Crippen LogP contribution in [0.5, 0.6) is 0 Å². The molecule has 0 amide bonds. The predicted molar refractivity (Wildman–Crippen MR) is 77.5 cm³/mol. The summed E-state index contributed by atoms with van der Waals surface area (Å²) < 4.78 is 0. The molecule has 1 heterocycles. The zero-order valence-electron chi connectivity index (χ0n) is 11.1. The van der Waals surface area contributed by atoms with Crippen LogP contribution in [-0.4, -0.2) is 16.5 Å². The molecule has 100 valence electrons. The van der Waals surface area contributed by atoms with Crippen LogP contribution in [0.15, 0.2) is 45.2 Å². The highest BCUT2D eigenvalue weighted by Crippen LogP contribution is 2.23. The molecule has 0 radical (unpaired) electrons. The topological polar surface area (TPSA) is 57.8 Å². The van der Waals surface area contributed by atoms with E-state index in [0.717, 1.165) is 23.7 Å². The lowest BCUT2D eigenvalue weighted by Gasteiger charge is -2.04. The molecule has 0 bridgehead atoms. The molecule has 2 rings (SSSR count). The van der Waals surface area contributed by atoms with Gasteiger partial charge in [0.2, 0.25) is 0 Å². The molecule has 0 saturated heterocycles. The largest absolute Gasteiger partial charge is 0.313 e. The first-order valence-electron chi connectivity index (χ1n) is 6.23. The molecule has 5 heteroatoms. The predicted octanol–water partition coefficient (Wildman–Crippen LogP) is 2.34. The first-order valence-corrected chi connectivity index (χ1v) is 7.04. The van der Waals surface area contributed by atoms with Crippen molar-refractivity contribution in [3.8, 4) is 0 Å². The zero-order chi connectivity index (χ0) is 13.7. The number of nitrogens with zero attached hydrogens (tertiary/aromatic N) is 1. The van der Waals surface area contributed by atoms with Gasteiger partial charge in [0, 0.05) is 23.2 Å². The van der Waals surface area contributed by atoms with E-state index < -0.39 is 0 Å². The summed E-state index contributed by atoms with van der Waals surface area (Å²) >= 11 is 1.46. The maximum atomic E-state index is 11.4. The van der Waals surface area contributed by atoms with E-state index in [1.807, 2.05) is 19.1 Å². The number of aryl methyl sites for hydroxylation is 1. The quantitative estimate of drug-likeness (QED) is 0.822. The molecule has 0 spiro atoms. The van der Waals surface area contributed by atoms with Crippen LogP contribution < -0.4 is 10.9 Å². The highest BCUT2D eigenvalue weighted by Gasteiger charge is 2.01. The molecular weight excluding hydrogens is 258 g/mol. The third-order valence-corrected chi connectivity index (χ3v) is 3.46. The molecule has 2 aromatic rings. The van der Waals surface area contributed by atoms with E-state index >= 15 is 0 Å². The van der Waals surface area contributed by atoms with Gasteiger partial charge >= 0.3 is 0 Å². The normalized spacial score (nSPS) is 10.6. The average molecular weight is 275 g/mol. The minimum Gasteiger partial charge on any atom is -0.313 e. The van der Waals surface area contributed by atoms with Crippen molar-refractivity contribution < 1.29 is 0 Å². The summed E-state index contributed by atoms with van der Waals surface area (Å²) in [7, 11) is 0. The summed E-state index contributed by atoms with van der Waals surface area (Å²) in [6, 6.07) is 9.74. The monoisotopic (exact) mass is 275 g/mol. The Morgan fingerprint density at radius 3 is 2.68 bits per heavy atom. The van der Waals surface area contributed by atoms with E-state index in [2.05, 4.69) is 34.3 Å². The molecule has 0 fully saturated rings. The zero-order valence-corrected chi connectivity index (χ0v) is 11.9. The number of hydrogen-bond donors (Lipinski definition) is 2. The third kappa shape index (κ3) is 4.22. The van der Waals surface area contributed by atoms with E-state index in [-0.39, 0.29) is 5.56 Å². The van der Waals surface area contributed by atoms with Gasteiger partial charge in [0.1, 0.15) is 0 Å². The maximum Gasteiger partial charge on any atom is 0.251 e. The van der Waals surface area contributed by atoms with Crippen molar-refractivity contribution in [3.63, 3.8) is 0 Å². The summed E-state index contributed by atoms with van der Waals surface area (Å²) in [5.74, 6) is 0. The summed E-state index contributed by atoms with van der Waals surface area (Å²) in [5.41, 5.74) is 1.87. The first-order chi connectivity index (χ1) is 9.17. The van der Waals surface area contributed by atoms with Crippen molar-refractivity contribution in [1.29, 1.82) is 0 Å². The van der Waals surface area contributed by atoms with E-state index in [1.54, 1.807) is 0 Å². The molecule has 0 atom stereocenters. The fourth-order valence-corrected chi connectivity index (χ4v) is 2.49. The van der Waals surface area contributed by atoms with E-state index in [1.165, 1.54) is 23.4 Å². The van der Waals surface area contributed by atoms with Gasteiger partial charge < -0.3 is 10.3 Å². The molecule has 4 nitrogen and oxygen atoms in total. The van der Waals surface area contributed by atoms with Gasteiger partial charge in [0.25, 0.3) is 5.56 Å². The number of aromatic nitrogens is 2. The average Bonchev–Trinajstić information content (AvgIpc) is 2.37. The van der Waals surface area contributed by atoms with Gasteiger partial charge in [-0.1, -0.05) is 30.8 Å². The van der Waals surface area contributed by atoms with Gasteiger partial charge in [0.05, 0.1) is 0 Å². The van der Waals surface area contributed by atoms with Crippen LogP contribution in [0.1, 0.15) is 18.2 Å². The Labute approximate surface area is 116 Å².